The Kier molecular flexibility index (Phi) is 6.32. The van der Waals surface area contributed by atoms with E-state index in [1.807, 2.05) is 0 Å². The van der Waals surface area contributed by atoms with Gasteiger partial charge in [-0.15, -0.1) is 0 Å². The first-order valence-electron chi connectivity index (χ1n) is 9.49. The molecule has 0 fully saturated rings. The molecule has 0 radical (unpaired) electrons. The highest BCUT2D eigenvalue weighted by atomic mass is 15.1. The molecule has 134 valence electrons. The average molecular weight is 345 g/mol. The van der Waals surface area contributed by atoms with E-state index in [1.165, 1.54) is 28.1 Å². The number of rotatable bonds is 8. The fourth-order valence-electron chi connectivity index (χ4n) is 3.21. The molecular formula is C24H28N2. The van der Waals surface area contributed by atoms with Gasteiger partial charge in [0.1, 0.15) is 0 Å². The standard InChI is InChI=1S/C24H28N2/c1-3-22-10-8-9-13-24(22)25-18-20-14-16-21(17-15-20)19-26(4-2)23-11-6-5-7-12-23/h5-17,25H,3-4,18-19H2,1-2H3. The molecule has 3 aromatic rings. The fourth-order valence-corrected chi connectivity index (χ4v) is 3.21. The van der Waals surface area contributed by atoms with Gasteiger partial charge < -0.3 is 10.2 Å². The first kappa shape index (κ1) is 18.1. The van der Waals surface area contributed by atoms with Crippen LogP contribution in [0.2, 0.25) is 0 Å². The maximum atomic E-state index is 3.57. The second-order valence-electron chi connectivity index (χ2n) is 6.53. The Morgan fingerprint density at radius 1 is 0.731 bits per heavy atom. The van der Waals surface area contributed by atoms with Crippen molar-refractivity contribution in [2.24, 2.45) is 0 Å². The van der Waals surface area contributed by atoms with Crippen LogP contribution in [0.1, 0.15) is 30.5 Å². The molecule has 3 rings (SSSR count). The first-order chi connectivity index (χ1) is 12.8. The monoisotopic (exact) mass is 344 g/mol. The van der Waals surface area contributed by atoms with Crippen LogP contribution in [0.25, 0.3) is 0 Å². The van der Waals surface area contributed by atoms with Crippen molar-refractivity contribution in [1.29, 1.82) is 0 Å². The minimum absolute atomic E-state index is 0.855. The predicted molar refractivity (Wildman–Crippen MR) is 113 cm³/mol. The lowest BCUT2D eigenvalue weighted by Crippen LogP contribution is -2.21. The van der Waals surface area contributed by atoms with E-state index in [1.54, 1.807) is 0 Å². The van der Waals surface area contributed by atoms with Gasteiger partial charge in [0.25, 0.3) is 0 Å². The molecule has 0 saturated carbocycles. The van der Waals surface area contributed by atoms with Gasteiger partial charge >= 0.3 is 0 Å². The normalized spacial score (nSPS) is 10.5. The average Bonchev–Trinajstić information content (AvgIpc) is 2.72. The third-order valence-corrected chi connectivity index (χ3v) is 4.78. The Morgan fingerprint density at radius 2 is 1.38 bits per heavy atom. The molecule has 0 heterocycles. The predicted octanol–water partition coefficient (Wildman–Crippen LogP) is 5.89. The highest BCUT2D eigenvalue weighted by Crippen LogP contribution is 2.19. The van der Waals surface area contributed by atoms with Gasteiger partial charge in [-0.05, 0) is 48.2 Å². The van der Waals surface area contributed by atoms with E-state index < -0.39 is 0 Å². The minimum atomic E-state index is 0.855. The Hall–Kier alpha value is -2.74. The van der Waals surface area contributed by atoms with E-state index in [4.69, 9.17) is 0 Å². The van der Waals surface area contributed by atoms with Crippen LogP contribution in [0.15, 0.2) is 78.9 Å². The molecule has 1 N–H and O–H groups in total. The smallest absolute Gasteiger partial charge is 0.0429 e. The van der Waals surface area contributed by atoms with Crippen molar-refractivity contribution in [3.05, 3.63) is 95.6 Å². The first-order valence-corrected chi connectivity index (χ1v) is 9.49. The van der Waals surface area contributed by atoms with Gasteiger partial charge in [0, 0.05) is 31.0 Å². The lowest BCUT2D eigenvalue weighted by molar-refractivity contribution is 0.831. The number of hydrogen-bond acceptors (Lipinski definition) is 2. The molecule has 2 nitrogen and oxygen atoms in total. The molecule has 0 aromatic heterocycles. The van der Waals surface area contributed by atoms with Crippen LogP contribution >= 0.6 is 0 Å². The van der Waals surface area contributed by atoms with Crippen LogP contribution in [0.5, 0.6) is 0 Å². The van der Waals surface area contributed by atoms with Crippen molar-refractivity contribution in [2.45, 2.75) is 33.4 Å². The third kappa shape index (κ3) is 4.66. The summed E-state index contributed by atoms with van der Waals surface area (Å²) in [7, 11) is 0. The van der Waals surface area contributed by atoms with Gasteiger partial charge in [-0.3, -0.25) is 0 Å². The van der Waals surface area contributed by atoms with Gasteiger partial charge in [-0.1, -0.05) is 67.6 Å². The van der Waals surface area contributed by atoms with E-state index in [2.05, 4.69) is 103 Å². The van der Waals surface area contributed by atoms with Crippen molar-refractivity contribution in [3.63, 3.8) is 0 Å². The number of benzene rings is 3. The van der Waals surface area contributed by atoms with Crippen molar-refractivity contribution in [1.82, 2.24) is 0 Å². The molecular weight excluding hydrogens is 316 g/mol. The summed E-state index contributed by atoms with van der Waals surface area (Å²) in [6.07, 6.45) is 1.05. The summed E-state index contributed by atoms with van der Waals surface area (Å²) in [6, 6.07) is 28.1. The maximum Gasteiger partial charge on any atom is 0.0429 e. The third-order valence-electron chi connectivity index (χ3n) is 4.78. The zero-order valence-corrected chi connectivity index (χ0v) is 15.8. The summed E-state index contributed by atoms with van der Waals surface area (Å²) in [5.41, 5.74) is 6.53. The summed E-state index contributed by atoms with van der Waals surface area (Å²) in [4.78, 5) is 2.39. The number of aryl methyl sites for hydroxylation is 1. The van der Waals surface area contributed by atoms with Crippen LogP contribution in [-0.4, -0.2) is 6.54 Å². The topological polar surface area (TPSA) is 15.3 Å². The van der Waals surface area contributed by atoms with Crippen molar-refractivity contribution < 1.29 is 0 Å². The van der Waals surface area contributed by atoms with Gasteiger partial charge in [0.15, 0.2) is 0 Å². The Bertz CT molecular complexity index is 794. The Labute approximate surface area is 157 Å². The summed E-state index contributed by atoms with van der Waals surface area (Å²) < 4.78 is 0. The fraction of sp³-hybridized carbons (Fsp3) is 0.250. The van der Waals surface area contributed by atoms with Crippen molar-refractivity contribution >= 4 is 11.4 Å². The minimum Gasteiger partial charge on any atom is -0.381 e. The zero-order chi connectivity index (χ0) is 18.2. The number of hydrogen-bond donors (Lipinski definition) is 1. The van der Waals surface area contributed by atoms with Gasteiger partial charge in [0.2, 0.25) is 0 Å². The number of nitrogens with one attached hydrogen (secondary N) is 1. The molecule has 0 unspecified atom stereocenters. The quantitative estimate of drug-likeness (QED) is 0.548. The molecule has 0 aliphatic rings. The highest BCUT2D eigenvalue weighted by molar-refractivity contribution is 5.51. The molecule has 26 heavy (non-hydrogen) atoms. The Morgan fingerprint density at radius 3 is 2.08 bits per heavy atom. The molecule has 0 atom stereocenters. The van der Waals surface area contributed by atoms with E-state index in [0.717, 1.165) is 26.1 Å². The zero-order valence-electron chi connectivity index (χ0n) is 15.8. The van der Waals surface area contributed by atoms with Crippen LogP contribution in [0, 0.1) is 0 Å². The molecule has 0 aliphatic carbocycles. The van der Waals surface area contributed by atoms with Crippen LogP contribution in [-0.2, 0) is 19.5 Å². The molecule has 0 aliphatic heterocycles. The number of para-hydroxylation sites is 2. The lowest BCUT2D eigenvalue weighted by atomic mass is 10.1. The summed E-state index contributed by atoms with van der Waals surface area (Å²) in [5, 5.41) is 3.57. The van der Waals surface area contributed by atoms with E-state index >= 15 is 0 Å². The largest absolute Gasteiger partial charge is 0.381 e. The van der Waals surface area contributed by atoms with E-state index in [9.17, 15) is 0 Å². The van der Waals surface area contributed by atoms with Crippen molar-refractivity contribution in [2.75, 3.05) is 16.8 Å². The van der Waals surface area contributed by atoms with Crippen LogP contribution in [0.3, 0.4) is 0 Å². The van der Waals surface area contributed by atoms with Crippen LogP contribution in [0.4, 0.5) is 11.4 Å². The maximum absolute atomic E-state index is 3.57. The summed E-state index contributed by atoms with van der Waals surface area (Å²) in [6.45, 7) is 7.19. The molecule has 0 bridgehead atoms. The van der Waals surface area contributed by atoms with Crippen LogP contribution < -0.4 is 10.2 Å². The number of nitrogens with zero attached hydrogens (tertiary/aromatic N) is 1. The van der Waals surface area contributed by atoms with Gasteiger partial charge in [-0.25, -0.2) is 0 Å². The second-order valence-corrected chi connectivity index (χ2v) is 6.53. The van der Waals surface area contributed by atoms with Gasteiger partial charge in [-0.2, -0.15) is 0 Å². The van der Waals surface area contributed by atoms with E-state index in [0.29, 0.717) is 0 Å². The lowest BCUT2D eigenvalue weighted by Gasteiger charge is -2.23. The summed E-state index contributed by atoms with van der Waals surface area (Å²) >= 11 is 0. The van der Waals surface area contributed by atoms with Gasteiger partial charge in [0.05, 0.1) is 0 Å². The molecule has 3 aromatic carbocycles. The molecule has 2 heteroatoms. The molecule has 0 spiro atoms. The van der Waals surface area contributed by atoms with E-state index in [-0.39, 0.29) is 0 Å². The SMILES string of the molecule is CCc1ccccc1NCc1ccc(CN(CC)c2ccccc2)cc1. The summed E-state index contributed by atoms with van der Waals surface area (Å²) in [5.74, 6) is 0. The second kappa shape index (κ2) is 9.10. The highest BCUT2D eigenvalue weighted by Gasteiger charge is 2.05. The molecule has 0 amide bonds. The molecule has 0 saturated heterocycles. The Balaban J connectivity index is 1.61. The van der Waals surface area contributed by atoms with Crippen molar-refractivity contribution in [3.8, 4) is 0 Å². The number of anilines is 2.